The van der Waals surface area contributed by atoms with Crippen molar-refractivity contribution in [3.63, 3.8) is 0 Å². The number of carbonyl (C=O) groups is 1. The van der Waals surface area contributed by atoms with Gasteiger partial charge in [0.15, 0.2) is 5.82 Å². The van der Waals surface area contributed by atoms with E-state index in [0.29, 0.717) is 36.5 Å². The maximum absolute atomic E-state index is 11.8. The summed E-state index contributed by atoms with van der Waals surface area (Å²) in [5, 5.41) is 17.0. The van der Waals surface area contributed by atoms with E-state index in [-0.39, 0.29) is 5.91 Å². The smallest absolute Gasteiger partial charge is 0.227 e. The Kier molecular flexibility index (Phi) is 4.66. The minimum absolute atomic E-state index is 0.0934. The Bertz CT molecular complexity index is 486. The second-order valence-corrected chi connectivity index (χ2v) is 6.90. The number of hydrogen-bond acceptors (Lipinski definition) is 5. The molecule has 0 saturated heterocycles. The third-order valence-corrected chi connectivity index (χ3v) is 4.28. The molecule has 2 rings (SSSR count). The van der Waals surface area contributed by atoms with Crippen LogP contribution in [0.3, 0.4) is 0 Å². The molecule has 6 nitrogen and oxygen atoms in total. The predicted molar refractivity (Wildman–Crippen MR) is 77.6 cm³/mol. The number of aryl methyl sites for hydroxylation is 2. The van der Waals surface area contributed by atoms with Crippen LogP contribution >= 0.6 is 0 Å². The van der Waals surface area contributed by atoms with Gasteiger partial charge in [0.05, 0.1) is 5.60 Å². The summed E-state index contributed by atoms with van der Waals surface area (Å²) in [5.74, 6) is 0.953. The first-order valence-electron chi connectivity index (χ1n) is 7.56. The van der Waals surface area contributed by atoms with Crippen LogP contribution in [0.25, 0.3) is 0 Å². The van der Waals surface area contributed by atoms with Crippen molar-refractivity contribution < 1.29 is 14.4 Å². The molecule has 1 aromatic heterocycles. The standard InChI is InChI=1S/C15H25N3O3/c1-11-17-13(21-18-11)5-4-12(19)16-10-15(20)8-6-14(2,3)7-9-15/h20H,4-10H2,1-3H3,(H,16,19). The van der Waals surface area contributed by atoms with Crippen molar-refractivity contribution in [2.45, 2.75) is 64.9 Å². The van der Waals surface area contributed by atoms with Crippen LogP contribution in [0.15, 0.2) is 4.52 Å². The lowest BCUT2D eigenvalue weighted by atomic mass is 9.71. The molecule has 0 radical (unpaired) electrons. The Morgan fingerprint density at radius 2 is 2.00 bits per heavy atom. The van der Waals surface area contributed by atoms with Gasteiger partial charge in [-0.1, -0.05) is 19.0 Å². The van der Waals surface area contributed by atoms with E-state index in [1.807, 2.05) is 0 Å². The van der Waals surface area contributed by atoms with Gasteiger partial charge in [-0.2, -0.15) is 4.98 Å². The Balaban J connectivity index is 1.71. The molecule has 0 atom stereocenters. The van der Waals surface area contributed by atoms with E-state index >= 15 is 0 Å². The lowest BCUT2D eigenvalue weighted by Crippen LogP contribution is -2.46. The van der Waals surface area contributed by atoms with Gasteiger partial charge in [0.2, 0.25) is 11.8 Å². The molecule has 0 spiro atoms. The molecule has 1 aliphatic rings. The predicted octanol–water partition coefficient (Wildman–Crippen LogP) is 1.76. The molecule has 0 aliphatic heterocycles. The Morgan fingerprint density at radius 3 is 2.57 bits per heavy atom. The van der Waals surface area contributed by atoms with Crippen LogP contribution in [0.5, 0.6) is 0 Å². The van der Waals surface area contributed by atoms with Crippen molar-refractivity contribution >= 4 is 5.91 Å². The van der Waals surface area contributed by atoms with E-state index in [1.54, 1.807) is 6.92 Å². The zero-order chi connectivity index (χ0) is 15.5. The quantitative estimate of drug-likeness (QED) is 0.864. The molecule has 0 aromatic carbocycles. The summed E-state index contributed by atoms with van der Waals surface area (Å²) in [4.78, 5) is 15.9. The number of rotatable bonds is 5. The highest BCUT2D eigenvalue weighted by atomic mass is 16.5. The molecule has 1 saturated carbocycles. The zero-order valence-electron chi connectivity index (χ0n) is 13.1. The number of nitrogens with one attached hydrogen (secondary N) is 1. The SMILES string of the molecule is Cc1noc(CCC(=O)NCC2(O)CCC(C)(C)CC2)n1. The second kappa shape index (κ2) is 6.13. The van der Waals surface area contributed by atoms with Crippen molar-refractivity contribution in [1.29, 1.82) is 0 Å². The number of hydrogen-bond donors (Lipinski definition) is 2. The summed E-state index contributed by atoms with van der Waals surface area (Å²) in [5.41, 5.74) is -0.460. The molecule has 1 amide bonds. The molecule has 6 heteroatoms. The number of aliphatic hydroxyl groups is 1. The fourth-order valence-electron chi connectivity index (χ4n) is 2.58. The summed E-state index contributed by atoms with van der Waals surface area (Å²) in [6, 6.07) is 0. The molecule has 0 bridgehead atoms. The van der Waals surface area contributed by atoms with Crippen molar-refractivity contribution in [1.82, 2.24) is 15.5 Å². The highest BCUT2D eigenvalue weighted by molar-refractivity contribution is 5.76. The van der Waals surface area contributed by atoms with E-state index in [4.69, 9.17) is 4.52 Å². The van der Waals surface area contributed by atoms with E-state index in [9.17, 15) is 9.90 Å². The molecule has 118 valence electrons. The van der Waals surface area contributed by atoms with Gasteiger partial charge < -0.3 is 14.9 Å². The molecular weight excluding hydrogens is 270 g/mol. The Hall–Kier alpha value is -1.43. The summed E-state index contributed by atoms with van der Waals surface area (Å²) >= 11 is 0. The van der Waals surface area contributed by atoms with Gasteiger partial charge in [-0.25, -0.2) is 0 Å². The molecule has 1 heterocycles. The number of carbonyl (C=O) groups excluding carboxylic acids is 1. The minimum Gasteiger partial charge on any atom is -0.388 e. The van der Waals surface area contributed by atoms with Crippen molar-refractivity contribution in [2.24, 2.45) is 5.41 Å². The van der Waals surface area contributed by atoms with E-state index in [2.05, 4.69) is 29.3 Å². The third kappa shape index (κ3) is 4.81. The highest BCUT2D eigenvalue weighted by Crippen LogP contribution is 2.39. The normalized spacial score (nSPS) is 20.2. The maximum Gasteiger partial charge on any atom is 0.227 e. The first-order valence-corrected chi connectivity index (χ1v) is 7.56. The fraction of sp³-hybridized carbons (Fsp3) is 0.800. The van der Waals surface area contributed by atoms with Gasteiger partial charge in [0, 0.05) is 19.4 Å². The van der Waals surface area contributed by atoms with Crippen LogP contribution < -0.4 is 5.32 Å². The topological polar surface area (TPSA) is 88.2 Å². The summed E-state index contributed by atoms with van der Waals surface area (Å²) < 4.78 is 4.96. The Morgan fingerprint density at radius 1 is 1.33 bits per heavy atom. The lowest BCUT2D eigenvalue weighted by Gasteiger charge is -2.40. The average molecular weight is 295 g/mol. The van der Waals surface area contributed by atoms with Crippen LogP contribution in [-0.4, -0.2) is 33.3 Å². The van der Waals surface area contributed by atoms with Crippen LogP contribution in [-0.2, 0) is 11.2 Å². The average Bonchev–Trinajstić information content (AvgIpc) is 2.84. The van der Waals surface area contributed by atoms with Crippen molar-refractivity contribution in [3.05, 3.63) is 11.7 Å². The maximum atomic E-state index is 11.8. The molecule has 0 unspecified atom stereocenters. The molecule has 1 fully saturated rings. The van der Waals surface area contributed by atoms with Gasteiger partial charge in [-0.05, 0) is 38.0 Å². The van der Waals surface area contributed by atoms with Crippen LogP contribution in [0, 0.1) is 12.3 Å². The minimum atomic E-state index is -0.758. The van der Waals surface area contributed by atoms with Crippen LogP contribution in [0.1, 0.15) is 57.7 Å². The van der Waals surface area contributed by atoms with Gasteiger partial charge in [0.1, 0.15) is 0 Å². The molecule has 1 aromatic rings. The fourth-order valence-corrected chi connectivity index (χ4v) is 2.58. The summed E-state index contributed by atoms with van der Waals surface area (Å²) in [6.07, 6.45) is 4.18. The molecule has 21 heavy (non-hydrogen) atoms. The number of nitrogens with zero attached hydrogens (tertiary/aromatic N) is 2. The highest BCUT2D eigenvalue weighted by Gasteiger charge is 2.36. The van der Waals surface area contributed by atoms with E-state index in [1.165, 1.54) is 0 Å². The zero-order valence-corrected chi connectivity index (χ0v) is 13.1. The van der Waals surface area contributed by atoms with Gasteiger partial charge >= 0.3 is 0 Å². The summed E-state index contributed by atoms with van der Waals surface area (Å²) in [7, 11) is 0. The molecular formula is C15H25N3O3. The second-order valence-electron chi connectivity index (χ2n) is 6.90. The Labute approximate surface area is 125 Å². The first-order chi connectivity index (χ1) is 9.78. The molecule has 1 aliphatic carbocycles. The molecule has 2 N–H and O–H groups in total. The van der Waals surface area contributed by atoms with Crippen LogP contribution in [0.2, 0.25) is 0 Å². The van der Waals surface area contributed by atoms with Gasteiger partial charge in [-0.3, -0.25) is 4.79 Å². The van der Waals surface area contributed by atoms with Crippen molar-refractivity contribution in [2.75, 3.05) is 6.54 Å². The van der Waals surface area contributed by atoms with Gasteiger partial charge in [-0.15, -0.1) is 0 Å². The third-order valence-electron chi connectivity index (χ3n) is 4.28. The van der Waals surface area contributed by atoms with Crippen LogP contribution in [0.4, 0.5) is 0 Å². The number of aromatic nitrogens is 2. The van der Waals surface area contributed by atoms with E-state index in [0.717, 1.165) is 25.7 Å². The first kappa shape index (κ1) is 15.9. The van der Waals surface area contributed by atoms with E-state index < -0.39 is 5.60 Å². The largest absolute Gasteiger partial charge is 0.388 e. The summed E-state index contributed by atoms with van der Waals surface area (Å²) in [6.45, 7) is 6.51. The lowest BCUT2D eigenvalue weighted by molar-refractivity contribution is -0.123. The monoisotopic (exact) mass is 295 g/mol. The van der Waals surface area contributed by atoms with Crippen molar-refractivity contribution in [3.8, 4) is 0 Å². The van der Waals surface area contributed by atoms with Gasteiger partial charge in [0.25, 0.3) is 0 Å². The number of amides is 1.